The van der Waals surface area contributed by atoms with Gasteiger partial charge in [-0.3, -0.25) is 9.78 Å². The Bertz CT molecular complexity index is 631. The monoisotopic (exact) mass is 305 g/mol. The first-order valence-electron chi connectivity index (χ1n) is 6.77. The van der Waals surface area contributed by atoms with Gasteiger partial charge in [0.1, 0.15) is 5.69 Å². The fourth-order valence-corrected chi connectivity index (χ4v) is 2.26. The highest BCUT2D eigenvalue weighted by Crippen LogP contribution is 2.20. The smallest absolute Gasteiger partial charge is 0.307 e. The Morgan fingerprint density at radius 2 is 1.81 bits per heavy atom. The summed E-state index contributed by atoms with van der Waals surface area (Å²) in [6.45, 7) is 3.90. The van der Waals surface area contributed by atoms with Gasteiger partial charge in [0.25, 0.3) is 0 Å². The molecule has 0 aliphatic rings. The number of pyridine rings is 1. The molecule has 2 aromatic rings. The number of rotatable bonds is 5. The lowest BCUT2D eigenvalue weighted by Crippen LogP contribution is -2.12. The van der Waals surface area contributed by atoms with Crippen molar-refractivity contribution >= 4 is 17.6 Å². The Morgan fingerprint density at radius 1 is 1.19 bits per heavy atom. The third-order valence-corrected chi connectivity index (χ3v) is 3.36. The highest BCUT2D eigenvalue weighted by Gasteiger charge is 2.16. The summed E-state index contributed by atoms with van der Waals surface area (Å²) in [6.07, 6.45) is 2.79. The Kier molecular flexibility index (Phi) is 4.85. The number of nitrogens with zero attached hydrogens (tertiary/aromatic N) is 3. The van der Waals surface area contributed by atoms with Crippen molar-refractivity contribution in [2.45, 2.75) is 33.1 Å². The lowest BCUT2D eigenvalue weighted by molar-refractivity contribution is -0.136. The van der Waals surface area contributed by atoms with E-state index in [2.05, 4.69) is 15.0 Å². The zero-order chi connectivity index (χ0) is 15.4. The highest BCUT2D eigenvalue weighted by atomic mass is 35.5. The molecule has 0 atom stereocenters. The minimum Gasteiger partial charge on any atom is -0.481 e. The third kappa shape index (κ3) is 3.55. The molecule has 2 heterocycles. The summed E-state index contributed by atoms with van der Waals surface area (Å²) in [5.41, 5.74) is 2.86. The van der Waals surface area contributed by atoms with Crippen LogP contribution in [0.3, 0.4) is 0 Å². The molecule has 1 N–H and O–H groups in total. The SMILES string of the molecule is CCc1nc(-c2ccc(Cl)cn2)nc(CC)c1CC(=O)O. The molecule has 2 rings (SSSR count). The van der Waals surface area contributed by atoms with Crippen LogP contribution in [0.2, 0.25) is 5.02 Å². The van der Waals surface area contributed by atoms with Crippen molar-refractivity contribution in [2.75, 3.05) is 0 Å². The number of carboxylic acids is 1. The Hall–Kier alpha value is -2.01. The van der Waals surface area contributed by atoms with E-state index in [4.69, 9.17) is 16.7 Å². The van der Waals surface area contributed by atoms with E-state index in [-0.39, 0.29) is 6.42 Å². The number of carboxylic acid groups (broad SMARTS) is 1. The summed E-state index contributed by atoms with van der Waals surface area (Å²) in [5.74, 6) is -0.366. The fraction of sp³-hybridized carbons (Fsp3) is 0.333. The minimum atomic E-state index is -0.875. The van der Waals surface area contributed by atoms with Gasteiger partial charge in [-0.05, 0) is 25.0 Å². The van der Waals surface area contributed by atoms with Gasteiger partial charge < -0.3 is 5.11 Å². The number of halogens is 1. The summed E-state index contributed by atoms with van der Waals surface area (Å²) in [4.78, 5) is 24.2. The molecule has 0 amide bonds. The predicted octanol–water partition coefficient (Wildman–Crippen LogP) is 2.94. The average Bonchev–Trinajstić information content (AvgIpc) is 2.47. The van der Waals surface area contributed by atoms with E-state index >= 15 is 0 Å². The maximum Gasteiger partial charge on any atom is 0.307 e. The van der Waals surface area contributed by atoms with Crippen LogP contribution < -0.4 is 0 Å². The van der Waals surface area contributed by atoms with E-state index in [1.165, 1.54) is 0 Å². The molecule has 0 unspecified atom stereocenters. The number of carbonyl (C=O) groups is 1. The van der Waals surface area contributed by atoms with Crippen LogP contribution in [0.4, 0.5) is 0 Å². The average molecular weight is 306 g/mol. The predicted molar refractivity (Wildman–Crippen MR) is 80.4 cm³/mol. The largest absolute Gasteiger partial charge is 0.481 e. The Labute approximate surface area is 128 Å². The van der Waals surface area contributed by atoms with Crippen LogP contribution in [0.5, 0.6) is 0 Å². The summed E-state index contributed by atoms with van der Waals surface area (Å²) in [7, 11) is 0. The second-order valence-electron chi connectivity index (χ2n) is 4.56. The van der Waals surface area contributed by atoms with Crippen LogP contribution in [-0.2, 0) is 24.1 Å². The minimum absolute atomic E-state index is 0.0549. The fourth-order valence-electron chi connectivity index (χ4n) is 2.14. The van der Waals surface area contributed by atoms with Crippen molar-refractivity contribution in [1.82, 2.24) is 15.0 Å². The summed E-state index contributed by atoms with van der Waals surface area (Å²) >= 11 is 5.83. The molecule has 0 aliphatic carbocycles. The highest BCUT2D eigenvalue weighted by molar-refractivity contribution is 6.30. The van der Waals surface area contributed by atoms with E-state index < -0.39 is 5.97 Å². The van der Waals surface area contributed by atoms with Gasteiger partial charge in [0, 0.05) is 23.1 Å². The van der Waals surface area contributed by atoms with Gasteiger partial charge in [0.2, 0.25) is 0 Å². The molecule has 110 valence electrons. The number of aliphatic carboxylic acids is 1. The molecule has 2 aromatic heterocycles. The number of hydrogen-bond acceptors (Lipinski definition) is 4. The molecule has 6 heteroatoms. The summed E-state index contributed by atoms with van der Waals surface area (Å²) in [6, 6.07) is 3.49. The molecule has 0 fully saturated rings. The number of aromatic nitrogens is 3. The maximum atomic E-state index is 11.0. The van der Waals surface area contributed by atoms with E-state index in [9.17, 15) is 4.79 Å². The molecule has 0 saturated carbocycles. The van der Waals surface area contributed by atoms with E-state index in [0.717, 1.165) is 11.4 Å². The normalized spacial score (nSPS) is 10.6. The first-order chi connectivity index (χ1) is 10.0. The first-order valence-corrected chi connectivity index (χ1v) is 7.15. The molecular weight excluding hydrogens is 290 g/mol. The van der Waals surface area contributed by atoms with Crippen LogP contribution in [0.1, 0.15) is 30.8 Å². The molecule has 0 saturated heterocycles. The second-order valence-corrected chi connectivity index (χ2v) is 4.99. The second kappa shape index (κ2) is 6.63. The Morgan fingerprint density at radius 3 is 2.24 bits per heavy atom. The number of hydrogen-bond donors (Lipinski definition) is 1. The molecule has 0 spiro atoms. The molecule has 0 aromatic carbocycles. The molecule has 0 aliphatic heterocycles. The van der Waals surface area contributed by atoms with Crippen molar-refractivity contribution in [1.29, 1.82) is 0 Å². The van der Waals surface area contributed by atoms with Gasteiger partial charge in [-0.15, -0.1) is 0 Å². The van der Waals surface area contributed by atoms with Crippen LogP contribution >= 0.6 is 11.6 Å². The van der Waals surface area contributed by atoms with Crippen molar-refractivity contribution in [2.24, 2.45) is 0 Å². The van der Waals surface area contributed by atoms with Crippen LogP contribution in [0.25, 0.3) is 11.5 Å². The van der Waals surface area contributed by atoms with Crippen LogP contribution in [0, 0.1) is 0 Å². The quantitative estimate of drug-likeness (QED) is 0.919. The molecule has 5 nitrogen and oxygen atoms in total. The lowest BCUT2D eigenvalue weighted by Gasteiger charge is -2.12. The van der Waals surface area contributed by atoms with Crippen molar-refractivity contribution < 1.29 is 9.90 Å². The van der Waals surface area contributed by atoms with Crippen LogP contribution in [-0.4, -0.2) is 26.0 Å². The molecule has 0 radical (unpaired) electrons. The van der Waals surface area contributed by atoms with Gasteiger partial charge in [-0.2, -0.15) is 0 Å². The zero-order valence-corrected chi connectivity index (χ0v) is 12.7. The van der Waals surface area contributed by atoms with Crippen LogP contribution in [0.15, 0.2) is 18.3 Å². The maximum absolute atomic E-state index is 11.0. The van der Waals surface area contributed by atoms with Crippen molar-refractivity contribution in [3.63, 3.8) is 0 Å². The van der Waals surface area contributed by atoms with Gasteiger partial charge in [0.05, 0.1) is 11.4 Å². The topological polar surface area (TPSA) is 76.0 Å². The van der Waals surface area contributed by atoms with Gasteiger partial charge in [-0.1, -0.05) is 25.4 Å². The lowest BCUT2D eigenvalue weighted by atomic mass is 10.0. The van der Waals surface area contributed by atoms with E-state index in [0.29, 0.717) is 34.9 Å². The van der Waals surface area contributed by atoms with Gasteiger partial charge in [-0.25, -0.2) is 9.97 Å². The van der Waals surface area contributed by atoms with Gasteiger partial charge >= 0.3 is 5.97 Å². The molecule has 21 heavy (non-hydrogen) atoms. The molecular formula is C15H16ClN3O2. The standard InChI is InChI=1S/C15H16ClN3O2/c1-3-11-10(7-14(20)21)12(4-2)19-15(18-11)13-6-5-9(16)8-17-13/h5-6,8H,3-4,7H2,1-2H3,(H,20,21). The van der Waals surface area contributed by atoms with Crippen molar-refractivity contribution in [3.8, 4) is 11.5 Å². The third-order valence-electron chi connectivity index (χ3n) is 3.13. The Balaban J connectivity index is 2.54. The van der Waals surface area contributed by atoms with E-state index in [1.807, 2.05) is 13.8 Å². The summed E-state index contributed by atoms with van der Waals surface area (Å²) in [5, 5.41) is 9.59. The molecule has 0 bridgehead atoms. The number of aryl methyl sites for hydroxylation is 2. The van der Waals surface area contributed by atoms with E-state index in [1.54, 1.807) is 18.3 Å². The van der Waals surface area contributed by atoms with Crippen molar-refractivity contribution in [3.05, 3.63) is 40.3 Å². The van der Waals surface area contributed by atoms with Gasteiger partial charge in [0.15, 0.2) is 5.82 Å². The zero-order valence-electron chi connectivity index (χ0n) is 11.9. The first kappa shape index (κ1) is 15.4. The summed E-state index contributed by atoms with van der Waals surface area (Å²) < 4.78 is 0.